The molecule has 0 aliphatic carbocycles. The molecule has 2 aromatic carbocycles. The summed E-state index contributed by atoms with van der Waals surface area (Å²) >= 11 is 11.9. The number of nitrogens with zero attached hydrogens (tertiary/aromatic N) is 1. The van der Waals surface area contributed by atoms with Crippen molar-refractivity contribution >= 4 is 50.5 Å². The van der Waals surface area contributed by atoms with Gasteiger partial charge in [-0.25, -0.2) is 13.8 Å². The minimum Gasteiger partial charge on any atom is -0.278 e. The van der Waals surface area contributed by atoms with Gasteiger partial charge in [0.05, 0.1) is 15.6 Å². The van der Waals surface area contributed by atoms with Crippen LogP contribution in [-0.2, 0) is 10.0 Å². The Balaban J connectivity index is 2.24. The van der Waals surface area contributed by atoms with Gasteiger partial charge < -0.3 is 0 Å². The number of hydrogen-bond donors (Lipinski definition) is 2. The third-order valence-electron chi connectivity index (χ3n) is 4.24. The van der Waals surface area contributed by atoms with Crippen LogP contribution in [0.15, 0.2) is 52.5 Å². The summed E-state index contributed by atoms with van der Waals surface area (Å²) in [6, 6.07) is 10.1. The van der Waals surface area contributed by atoms with Crippen molar-refractivity contribution in [1.82, 2.24) is 5.43 Å². The highest BCUT2D eigenvalue weighted by Gasteiger charge is 2.18. The summed E-state index contributed by atoms with van der Waals surface area (Å²) in [5, 5.41) is 4.62. The van der Waals surface area contributed by atoms with Crippen LogP contribution >= 0.6 is 23.2 Å². The monoisotopic (exact) mass is 441 g/mol. The molecule has 0 bridgehead atoms. The second-order valence-electron chi connectivity index (χ2n) is 6.26. The molecule has 0 spiro atoms. The minimum absolute atomic E-state index is 0.0844. The summed E-state index contributed by atoms with van der Waals surface area (Å²) < 4.78 is 27.7. The Hall–Kier alpha value is -2.09. The van der Waals surface area contributed by atoms with E-state index in [1.807, 2.05) is 20.8 Å². The molecule has 0 saturated heterocycles. The highest BCUT2D eigenvalue weighted by atomic mass is 35.5. The van der Waals surface area contributed by atoms with E-state index in [0.29, 0.717) is 5.02 Å². The Bertz CT molecular complexity index is 1010. The lowest BCUT2D eigenvalue weighted by Gasteiger charge is -2.11. The zero-order valence-electron chi connectivity index (χ0n) is 15.7. The first kappa shape index (κ1) is 22.2. The summed E-state index contributed by atoms with van der Waals surface area (Å²) in [5.74, 6) is -0.265. The van der Waals surface area contributed by atoms with Crippen LogP contribution in [0.4, 0.5) is 5.69 Å². The number of hydrogen-bond acceptors (Lipinski definition) is 4. The van der Waals surface area contributed by atoms with Crippen LogP contribution in [-0.4, -0.2) is 20.0 Å². The third-order valence-corrected chi connectivity index (χ3v) is 6.17. The van der Waals surface area contributed by atoms with Gasteiger partial charge in [-0.2, -0.15) is 5.10 Å². The van der Waals surface area contributed by atoms with Crippen LogP contribution in [0.1, 0.15) is 37.6 Å². The molecule has 2 rings (SSSR count). The number of anilines is 1. The lowest BCUT2D eigenvalue weighted by molar-refractivity contribution is 0.0954. The Labute approximate surface area is 175 Å². The fourth-order valence-corrected chi connectivity index (χ4v) is 3.70. The van der Waals surface area contributed by atoms with Gasteiger partial charge in [-0.05, 0) is 55.7 Å². The first-order valence-electron chi connectivity index (χ1n) is 8.56. The predicted molar refractivity (Wildman–Crippen MR) is 114 cm³/mol. The molecule has 2 N–H and O–H groups in total. The van der Waals surface area contributed by atoms with Crippen LogP contribution < -0.4 is 10.1 Å². The molecule has 150 valence electrons. The molecule has 6 nitrogen and oxygen atoms in total. The quantitative estimate of drug-likeness (QED) is 0.470. The summed E-state index contributed by atoms with van der Waals surface area (Å²) in [4.78, 5) is 12.2. The van der Waals surface area contributed by atoms with Crippen molar-refractivity contribution in [2.45, 2.75) is 32.1 Å². The maximum absolute atomic E-state index is 12.7. The lowest BCUT2D eigenvalue weighted by atomic mass is 10.1. The van der Waals surface area contributed by atoms with Crippen LogP contribution in [0.3, 0.4) is 0 Å². The molecule has 1 amide bonds. The zero-order valence-corrected chi connectivity index (χ0v) is 18.0. The molecule has 28 heavy (non-hydrogen) atoms. The van der Waals surface area contributed by atoms with E-state index in [1.54, 1.807) is 6.07 Å². The van der Waals surface area contributed by atoms with Crippen molar-refractivity contribution in [3.05, 3.63) is 58.1 Å². The number of halogens is 2. The first-order chi connectivity index (χ1) is 13.1. The molecule has 0 aliphatic heterocycles. The smallest absolute Gasteiger partial charge is 0.271 e. The van der Waals surface area contributed by atoms with Gasteiger partial charge >= 0.3 is 0 Å². The van der Waals surface area contributed by atoms with Crippen molar-refractivity contribution in [1.29, 1.82) is 0 Å². The van der Waals surface area contributed by atoms with Gasteiger partial charge in [-0.15, -0.1) is 0 Å². The highest BCUT2D eigenvalue weighted by Crippen LogP contribution is 2.27. The fraction of sp³-hybridized carbons (Fsp3) is 0.263. The van der Waals surface area contributed by atoms with Crippen molar-refractivity contribution in [2.75, 3.05) is 4.72 Å². The number of sulfonamides is 1. The van der Waals surface area contributed by atoms with Crippen LogP contribution in [0.5, 0.6) is 0 Å². The van der Waals surface area contributed by atoms with Gasteiger partial charge in [0.15, 0.2) is 0 Å². The van der Waals surface area contributed by atoms with Crippen molar-refractivity contribution in [3.63, 3.8) is 0 Å². The summed E-state index contributed by atoms with van der Waals surface area (Å²) in [6.07, 6.45) is 0.899. The molecule has 9 heteroatoms. The van der Waals surface area contributed by atoms with Gasteiger partial charge in [0.2, 0.25) is 0 Å². The molecule has 0 aliphatic rings. The SMILES string of the molecule is CCC(C)C(C)=NNC(=O)c1cccc(S(=O)(=O)Nc2cc(Cl)ccc2Cl)c1. The minimum atomic E-state index is -3.97. The lowest BCUT2D eigenvalue weighted by Crippen LogP contribution is -2.21. The molecular weight excluding hydrogens is 421 g/mol. The number of hydrazone groups is 1. The molecule has 0 radical (unpaired) electrons. The second kappa shape index (κ2) is 9.41. The first-order valence-corrected chi connectivity index (χ1v) is 10.8. The average Bonchev–Trinajstić information content (AvgIpc) is 2.67. The summed E-state index contributed by atoms with van der Waals surface area (Å²) in [7, 11) is -3.97. The van der Waals surface area contributed by atoms with Gasteiger partial charge in [0, 0.05) is 16.3 Å². The second-order valence-corrected chi connectivity index (χ2v) is 8.79. The van der Waals surface area contributed by atoms with Crippen molar-refractivity contribution in [2.24, 2.45) is 11.0 Å². The molecule has 0 aromatic heterocycles. The zero-order chi connectivity index (χ0) is 20.9. The standard InChI is InChI=1S/C19H21Cl2N3O3S/c1-4-12(2)13(3)22-23-19(25)14-6-5-7-16(10-14)28(26,27)24-18-11-15(20)8-9-17(18)21/h5-12,24H,4H2,1-3H3,(H,23,25). The molecule has 1 unspecified atom stereocenters. The number of nitrogens with one attached hydrogen (secondary N) is 2. The fourth-order valence-electron chi connectivity index (χ4n) is 2.19. The number of carbonyl (C=O) groups excluding carboxylic acids is 1. The Morgan fingerprint density at radius 1 is 1.18 bits per heavy atom. The predicted octanol–water partition coefficient (Wildman–Crippen LogP) is 4.95. The topological polar surface area (TPSA) is 87.6 Å². The van der Waals surface area contributed by atoms with Gasteiger partial charge in [0.25, 0.3) is 15.9 Å². The number of amides is 1. The maximum Gasteiger partial charge on any atom is 0.271 e. The van der Waals surface area contributed by atoms with Crippen molar-refractivity contribution < 1.29 is 13.2 Å². The average molecular weight is 442 g/mol. The van der Waals surface area contributed by atoms with E-state index in [2.05, 4.69) is 15.2 Å². The van der Waals surface area contributed by atoms with Gasteiger partial charge in [-0.3, -0.25) is 9.52 Å². The number of benzene rings is 2. The third kappa shape index (κ3) is 5.70. The van der Waals surface area contributed by atoms with Crippen LogP contribution in [0.25, 0.3) is 0 Å². The molecule has 0 fully saturated rings. The molecule has 0 saturated carbocycles. The van der Waals surface area contributed by atoms with Crippen LogP contribution in [0, 0.1) is 5.92 Å². The van der Waals surface area contributed by atoms with E-state index in [9.17, 15) is 13.2 Å². The highest BCUT2D eigenvalue weighted by molar-refractivity contribution is 7.92. The molecule has 0 heterocycles. The Morgan fingerprint density at radius 2 is 1.89 bits per heavy atom. The van der Waals surface area contributed by atoms with E-state index >= 15 is 0 Å². The van der Waals surface area contributed by atoms with E-state index < -0.39 is 15.9 Å². The van der Waals surface area contributed by atoms with Crippen LogP contribution in [0.2, 0.25) is 10.0 Å². The van der Waals surface area contributed by atoms with E-state index in [-0.39, 0.29) is 27.1 Å². The normalized spacial score (nSPS) is 13.1. The Kier molecular flexibility index (Phi) is 7.46. The summed E-state index contributed by atoms with van der Waals surface area (Å²) in [6.45, 7) is 5.86. The largest absolute Gasteiger partial charge is 0.278 e. The van der Waals surface area contributed by atoms with Crippen molar-refractivity contribution in [3.8, 4) is 0 Å². The maximum atomic E-state index is 12.7. The van der Waals surface area contributed by atoms with E-state index in [4.69, 9.17) is 23.2 Å². The summed E-state index contributed by atoms with van der Waals surface area (Å²) in [5.41, 5.74) is 3.56. The van der Waals surface area contributed by atoms with E-state index in [1.165, 1.54) is 36.4 Å². The van der Waals surface area contributed by atoms with Gasteiger partial charge in [-0.1, -0.05) is 43.1 Å². The molecule has 1 atom stereocenters. The Morgan fingerprint density at radius 3 is 2.57 bits per heavy atom. The number of rotatable bonds is 7. The van der Waals surface area contributed by atoms with E-state index in [0.717, 1.165) is 12.1 Å². The molecular formula is C19H21Cl2N3O3S. The molecule has 2 aromatic rings. The number of carbonyl (C=O) groups is 1. The van der Waals surface area contributed by atoms with Gasteiger partial charge in [0.1, 0.15) is 0 Å².